The van der Waals surface area contributed by atoms with E-state index in [0.29, 0.717) is 5.56 Å². The lowest BCUT2D eigenvalue weighted by Crippen LogP contribution is -2.16. The van der Waals surface area contributed by atoms with Gasteiger partial charge in [0.15, 0.2) is 0 Å². The number of hydrogen-bond acceptors (Lipinski definition) is 2. The minimum atomic E-state index is 0.657. The third-order valence-electron chi connectivity index (χ3n) is 7.76. The van der Waals surface area contributed by atoms with Crippen molar-refractivity contribution in [2.75, 3.05) is 4.90 Å². The number of nitrogens with zero attached hydrogens (tertiary/aromatic N) is 3. The lowest BCUT2D eigenvalue weighted by molar-refractivity contribution is 1.17. The summed E-state index contributed by atoms with van der Waals surface area (Å²) in [5.41, 5.74) is 10.7. The van der Waals surface area contributed by atoms with E-state index in [9.17, 15) is 5.26 Å². The Hall–Kier alpha value is -5.59. The predicted molar refractivity (Wildman–Crippen MR) is 171 cm³/mol. The molecule has 7 rings (SSSR count). The zero-order valence-corrected chi connectivity index (χ0v) is 22.5. The Labute approximate surface area is 239 Å². The van der Waals surface area contributed by atoms with Crippen molar-refractivity contribution < 1.29 is 0 Å². The second-order valence-corrected chi connectivity index (χ2v) is 10.2. The normalized spacial score (nSPS) is 14.6. The molecule has 0 N–H and O–H groups in total. The number of anilines is 2. The van der Waals surface area contributed by atoms with Gasteiger partial charge in [0.2, 0.25) is 0 Å². The maximum atomic E-state index is 9.28. The highest BCUT2D eigenvalue weighted by Gasteiger charge is 2.18. The number of allylic oxidation sites excluding steroid dienone is 4. The van der Waals surface area contributed by atoms with Crippen molar-refractivity contribution in [3.8, 4) is 22.9 Å². The summed E-state index contributed by atoms with van der Waals surface area (Å²) >= 11 is 0. The van der Waals surface area contributed by atoms with Gasteiger partial charge in [-0.2, -0.15) is 5.26 Å². The van der Waals surface area contributed by atoms with E-state index < -0.39 is 0 Å². The van der Waals surface area contributed by atoms with E-state index in [0.717, 1.165) is 51.3 Å². The fourth-order valence-corrected chi connectivity index (χ4v) is 5.79. The molecule has 0 radical (unpaired) electrons. The first kappa shape index (κ1) is 24.5. The van der Waals surface area contributed by atoms with Crippen molar-refractivity contribution in [3.63, 3.8) is 0 Å². The maximum Gasteiger partial charge on any atom is 0.0991 e. The molecule has 194 valence electrons. The number of hydrogen-bond donors (Lipinski definition) is 0. The van der Waals surface area contributed by atoms with E-state index in [1.807, 2.05) is 30.3 Å². The maximum absolute atomic E-state index is 9.28. The van der Waals surface area contributed by atoms with Crippen LogP contribution < -0.4 is 4.90 Å². The number of aromatic nitrogens is 1. The first-order chi connectivity index (χ1) is 20.2. The molecule has 0 atom stereocenters. The van der Waals surface area contributed by atoms with Crippen LogP contribution in [0.1, 0.15) is 11.1 Å². The second-order valence-electron chi connectivity index (χ2n) is 10.2. The van der Waals surface area contributed by atoms with E-state index in [1.165, 1.54) is 16.3 Å². The summed E-state index contributed by atoms with van der Waals surface area (Å²) in [6, 6.07) is 42.4. The molecule has 1 aliphatic heterocycles. The Balaban J connectivity index is 1.40. The molecule has 1 aliphatic rings. The molecule has 0 saturated carbocycles. The number of para-hydroxylation sites is 2. The van der Waals surface area contributed by atoms with Crippen molar-refractivity contribution in [2.45, 2.75) is 6.42 Å². The van der Waals surface area contributed by atoms with E-state index >= 15 is 0 Å². The van der Waals surface area contributed by atoms with Crippen molar-refractivity contribution in [3.05, 3.63) is 163 Å². The van der Waals surface area contributed by atoms with Gasteiger partial charge < -0.3 is 9.47 Å². The van der Waals surface area contributed by atoms with Crippen LogP contribution in [0.25, 0.3) is 38.6 Å². The fourth-order valence-electron chi connectivity index (χ4n) is 5.79. The lowest BCUT2D eigenvalue weighted by atomic mass is 9.98. The highest BCUT2D eigenvalue weighted by Crippen LogP contribution is 2.39. The Kier molecular flexibility index (Phi) is 6.07. The van der Waals surface area contributed by atoms with Gasteiger partial charge >= 0.3 is 0 Å². The largest absolute Gasteiger partial charge is 0.311 e. The predicted octanol–water partition coefficient (Wildman–Crippen LogP) is 9.64. The topological polar surface area (TPSA) is 32.0 Å². The Morgan fingerprint density at radius 2 is 1.39 bits per heavy atom. The summed E-state index contributed by atoms with van der Waals surface area (Å²) in [6.07, 6.45) is 9.25. The molecule has 2 heterocycles. The van der Waals surface area contributed by atoms with Gasteiger partial charge in [-0.25, -0.2) is 0 Å². The van der Waals surface area contributed by atoms with Crippen molar-refractivity contribution >= 4 is 33.2 Å². The molecule has 41 heavy (non-hydrogen) atoms. The van der Waals surface area contributed by atoms with Crippen LogP contribution in [0.2, 0.25) is 0 Å². The van der Waals surface area contributed by atoms with Crippen LogP contribution in [0.3, 0.4) is 0 Å². The molecule has 5 aromatic carbocycles. The Bertz CT molecular complexity index is 2030. The van der Waals surface area contributed by atoms with E-state index in [4.69, 9.17) is 0 Å². The second kappa shape index (κ2) is 10.2. The molecule has 6 aromatic rings. The summed E-state index contributed by atoms with van der Waals surface area (Å²) in [6.45, 7) is 4.42. The zero-order valence-electron chi connectivity index (χ0n) is 22.5. The highest BCUT2D eigenvalue weighted by atomic mass is 15.1. The van der Waals surface area contributed by atoms with Crippen LogP contribution in [0.5, 0.6) is 0 Å². The minimum Gasteiger partial charge on any atom is -0.311 e. The first-order valence-corrected chi connectivity index (χ1v) is 13.8. The zero-order chi connectivity index (χ0) is 27.8. The van der Waals surface area contributed by atoms with Crippen molar-refractivity contribution in [1.29, 1.82) is 5.26 Å². The monoisotopic (exact) mass is 525 g/mol. The number of nitriles is 1. The summed E-state index contributed by atoms with van der Waals surface area (Å²) in [4.78, 5) is 2.25. The molecule has 3 nitrogen and oxygen atoms in total. The molecular weight excluding hydrogens is 498 g/mol. The quantitative estimate of drug-likeness (QED) is 0.230. The average molecular weight is 526 g/mol. The first-order valence-electron chi connectivity index (χ1n) is 13.8. The van der Waals surface area contributed by atoms with Gasteiger partial charge in [0.25, 0.3) is 0 Å². The van der Waals surface area contributed by atoms with Crippen LogP contribution in [-0.4, -0.2) is 4.57 Å². The summed E-state index contributed by atoms with van der Waals surface area (Å²) < 4.78 is 2.28. The Morgan fingerprint density at radius 3 is 2.22 bits per heavy atom. The molecule has 3 heteroatoms. The van der Waals surface area contributed by atoms with Gasteiger partial charge in [-0.05, 0) is 89.9 Å². The van der Waals surface area contributed by atoms with Crippen LogP contribution in [0, 0.1) is 11.3 Å². The fraction of sp³-hybridized carbons (Fsp3) is 0.0263. The van der Waals surface area contributed by atoms with E-state index in [1.54, 1.807) is 0 Å². The van der Waals surface area contributed by atoms with Crippen molar-refractivity contribution in [2.24, 2.45) is 0 Å². The SMILES string of the molecule is C=C1/C=C\C=C/Cc2ccc(-c3ccc4c(c3)c3ccccc3n4-c3ccc(C#N)cc3)cc2N1c1ccccc1. The summed E-state index contributed by atoms with van der Waals surface area (Å²) in [7, 11) is 0. The molecule has 0 bridgehead atoms. The summed E-state index contributed by atoms with van der Waals surface area (Å²) in [5.74, 6) is 0. The van der Waals surface area contributed by atoms with Crippen LogP contribution >= 0.6 is 0 Å². The molecule has 0 saturated heterocycles. The number of fused-ring (bicyclic) bond motifs is 4. The van der Waals surface area contributed by atoms with Gasteiger partial charge in [-0.1, -0.05) is 79.4 Å². The van der Waals surface area contributed by atoms with Crippen LogP contribution in [0.15, 0.2) is 152 Å². The third kappa shape index (κ3) is 4.33. The van der Waals surface area contributed by atoms with Crippen LogP contribution in [-0.2, 0) is 6.42 Å². The summed E-state index contributed by atoms with van der Waals surface area (Å²) in [5, 5.41) is 11.7. The molecular formula is C38H27N3. The van der Waals surface area contributed by atoms with E-state index in [-0.39, 0.29) is 0 Å². The minimum absolute atomic E-state index is 0.657. The van der Waals surface area contributed by atoms with E-state index in [2.05, 4.69) is 131 Å². The smallest absolute Gasteiger partial charge is 0.0991 e. The van der Waals surface area contributed by atoms with Crippen LogP contribution in [0.4, 0.5) is 11.4 Å². The highest BCUT2D eigenvalue weighted by molar-refractivity contribution is 6.10. The standard InChI is InChI=1S/C38H27N3/c1-27-10-4-2-5-11-29-18-19-31(25-38(29)40(27)32-12-6-3-7-13-32)30-20-23-37-35(24-30)34-14-8-9-15-36(34)41(37)33-21-16-28(26-39)17-22-33/h2-10,12-25H,1,11H2/b5-2-,10-4-. The number of rotatable bonds is 3. The lowest BCUT2D eigenvalue weighted by Gasteiger charge is -2.28. The van der Waals surface area contributed by atoms with Gasteiger partial charge in [0.1, 0.15) is 0 Å². The third-order valence-corrected chi connectivity index (χ3v) is 7.76. The average Bonchev–Trinajstić information content (AvgIpc) is 3.38. The van der Waals surface area contributed by atoms with Gasteiger partial charge in [0, 0.05) is 27.8 Å². The molecule has 0 amide bonds. The Morgan fingerprint density at radius 1 is 0.659 bits per heavy atom. The molecule has 0 aliphatic carbocycles. The van der Waals surface area contributed by atoms with Gasteiger partial charge in [-0.3, -0.25) is 0 Å². The molecule has 0 fully saturated rings. The molecule has 0 spiro atoms. The number of benzene rings is 5. The molecule has 0 unspecified atom stereocenters. The van der Waals surface area contributed by atoms with Crippen molar-refractivity contribution in [1.82, 2.24) is 4.57 Å². The van der Waals surface area contributed by atoms with Gasteiger partial charge in [-0.15, -0.1) is 0 Å². The molecule has 1 aromatic heterocycles. The van der Waals surface area contributed by atoms with Gasteiger partial charge in [0.05, 0.1) is 28.4 Å².